The van der Waals surface area contributed by atoms with Crippen molar-refractivity contribution in [1.82, 2.24) is 14.8 Å². The molecular weight excluding hydrogens is 290 g/mol. The number of nitrogens with two attached hydrogens (primary N) is 2. The fourth-order valence-electron chi connectivity index (χ4n) is 3.13. The van der Waals surface area contributed by atoms with Crippen LogP contribution in [0.25, 0.3) is 16.9 Å². The number of aromatic nitrogens is 3. The molecule has 6 heteroatoms. The maximum Gasteiger partial charge on any atom is 0.269 e. The molecule has 0 saturated heterocycles. The smallest absolute Gasteiger partial charge is 0.269 e. The Kier molecular flexibility index (Phi) is 2.90. The van der Waals surface area contributed by atoms with Gasteiger partial charge >= 0.3 is 0 Å². The van der Waals surface area contributed by atoms with E-state index in [1.54, 1.807) is 17.1 Å². The summed E-state index contributed by atoms with van der Waals surface area (Å²) < 4.78 is 1.76. The van der Waals surface area contributed by atoms with Gasteiger partial charge in [-0.25, -0.2) is 4.68 Å². The lowest BCUT2D eigenvalue weighted by atomic mass is 9.88. The summed E-state index contributed by atoms with van der Waals surface area (Å²) in [6, 6.07) is 9.54. The summed E-state index contributed by atoms with van der Waals surface area (Å²) in [5, 5.41) is 4.46. The van der Waals surface area contributed by atoms with Gasteiger partial charge in [0, 0.05) is 29.2 Å². The number of nitrogens with zero attached hydrogens (tertiary/aromatic N) is 3. The number of hydrogen-bond donors (Lipinski definition) is 2. The lowest BCUT2D eigenvalue weighted by molar-refractivity contribution is 0.0994. The van der Waals surface area contributed by atoms with Crippen LogP contribution in [-0.4, -0.2) is 20.7 Å². The second-order valence-electron chi connectivity index (χ2n) is 5.57. The van der Waals surface area contributed by atoms with Crippen LogP contribution in [-0.2, 0) is 12.8 Å². The van der Waals surface area contributed by atoms with Crippen molar-refractivity contribution in [2.45, 2.75) is 12.8 Å². The Bertz CT molecular complexity index is 914. The molecule has 1 aromatic carbocycles. The highest BCUT2D eigenvalue weighted by Gasteiger charge is 2.28. The monoisotopic (exact) mass is 305 g/mol. The molecule has 0 radical (unpaired) electrons. The quantitative estimate of drug-likeness (QED) is 0.704. The Labute approximate surface area is 132 Å². The fourth-order valence-corrected chi connectivity index (χ4v) is 3.13. The first-order valence-electron chi connectivity index (χ1n) is 7.36. The summed E-state index contributed by atoms with van der Waals surface area (Å²) >= 11 is 0. The Morgan fingerprint density at radius 1 is 1.13 bits per heavy atom. The molecule has 114 valence electrons. The van der Waals surface area contributed by atoms with Gasteiger partial charge in [0.05, 0.1) is 11.4 Å². The molecule has 2 aromatic heterocycles. The van der Waals surface area contributed by atoms with Crippen molar-refractivity contribution in [3.63, 3.8) is 0 Å². The lowest BCUT2D eigenvalue weighted by Gasteiger charge is -2.19. The predicted octanol–water partition coefficient (Wildman–Crippen LogP) is 1.71. The van der Waals surface area contributed by atoms with Crippen LogP contribution < -0.4 is 11.5 Å². The van der Waals surface area contributed by atoms with E-state index in [9.17, 15) is 4.79 Å². The van der Waals surface area contributed by atoms with Crippen LogP contribution in [0.1, 0.15) is 21.6 Å². The molecule has 4 N–H and O–H groups in total. The van der Waals surface area contributed by atoms with Gasteiger partial charge in [-0.2, -0.15) is 5.10 Å². The Morgan fingerprint density at radius 3 is 2.65 bits per heavy atom. The van der Waals surface area contributed by atoms with E-state index in [1.165, 1.54) is 5.56 Å². The summed E-state index contributed by atoms with van der Waals surface area (Å²) in [6.45, 7) is 0. The molecule has 2 heterocycles. The van der Waals surface area contributed by atoms with Crippen molar-refractivity contribution in [3.05, 3.63) is 59.5 Å². The largest absolute Gasteiger partial charge is 0.399 e. The minimum absolute atomic E-state index is 0.324. The van der Waals surface area contributed by atoms with E-state index in [0.717, 1.165) is 35.3 Å². The first-order valence-corrected chi connectivity index (χ1v) is 7.36. The van der Waals surface area contributed by atoms with Gasteiger partial charge in [-0.3, -0.25) is 9.78 Å². The van der Waals surface area contributed by atoms with E-state index in [1.807, 2.05) is 30.3 Å². The van der Waals surface area contributed by atoms with Gasteiger partial charge in [0.2, 0.25) is 0 Å². The molecule has 4 rings (SSSR count). The third-order valence-corrected chi connectivity index (χ3v) is 4.16. The molecule has 1 aliphatic rings. The Hall–Kier alpha value is -3.15. The summed E-state index contributed by atoms with van der Waals surface area (Å²) in [6.07, 6.45) is 4.95. The average molecular weight is 305 g/mol. The normalized spacial score (nSPS) is 12.5. The van der Waals surface area contributed by atoms with Crippen LogP contribution in [0.4, 0.5) is 5.69 Å². The fraction of sp³-hybridized carbons (Fsp3) is 0.118. The van der Waals surface area contributed by atoms with E-state index < -0.39 is 5.91 Å². The number of nitrogen functional groups attached to an aromatic ring is 1. The summed E-state index contributed by atoms with van der Waals surface area (Å²) in [4.78, 5) is 15.8. The number of aryl methyl sites for hydroxylation is 1. The highest BCUT2D eigenvalue weighted by molar-refractivity contribution is 5.95. The van der Waals surface area contributed by atoms with Gasteiger partial charge in [0.15, 0.2) is 5.69 Å². The summed E-state index contributed by atoms with van der Waals surface area (Å²) in [5.74, 6) is -0.513. The molecule has 1 amide bonds. The van der Waals surface area contributed by atoms with Gasteiger partial charge in [0.25, 0.3) is 5.91 Å². The van der Waals surface area contributed by atoms with Crippen molar-refractivity contribution in [1.29, 1.82) is 0 Å². The number of carbonyl (C=O) groups is 1. The second-order valence-corrected chi connectivity index (χ2v) is 5.57. The van der Waals surface area contributed by atoms with Crippen molar-refractivity contribution < 1.29 is 4.79 Å². The predicted molar refractivity (Wildman–Crippen MR) is 87.1 cm³/mol. The summed E-state index contributed by atoms with van der Waals surface area (Å²) in [5.41, 5.74) is 17.3. The SMILES string of the molecule is NC(=O)c1nn(-c2ccncc2)c2c1CCc1ccc(N)cc1-2. The Morgan fingerprint density at radius 2 is 1.91 bits per heavy atom. The molecule has 0 saturated carbocycles. The molecule has 0 atom stereocenters. The number of amides is 1. The third-order valence-electron chi connectivity index (χ3n) is 4.16. The van der Waals surface area contributed by atoms with E-state index in [-0.39, 0.29) is 0 Å². The number of hydrogen-bond acceptors (Lipinski definition) is 4. The zero-order chi connectivity index (χ0) is 16.0. The van der Waals surface area contributed by atoms with E-state index in [0.29, 0.717) is 11.4 Å². The number of primary amides is 1. The lowest BCUT2D eigenvalue weighted by Crippen LogP contribution is -2.15. The number of fused-ring (bicyclic) bond motifs is 3. The molecular formula is C17H15N5O. The van der Waals surface area contributed by atoms with Crippen molar-refractivity contribution >= 4 is 11.6 Å². The number of rotatable bonds is 2. The molecule has 0 spiro atoms. The average Bonchev–Trinajstić information content (AvgIpc) is 2.96. The summed E-state index contributed by atoms with van der Waals surface area (Å²) in [7, 11) is 0. The molecule has 0 unspecified atom stereocenters. The number of carbonyl (C=O) groups excluding carboxylic acids is 1. The van der Waals surface area contributed by atoms with Crippen LogP contribution in [0.3, 0.4) is 0 Å². The highest BCUT2D eigenvalue weighted by atomic mass is 16.1. The van der Waals surface area contributed by atoms with E-state index in [2.05, 4.69) is 10.1 Å². The van der Waals surface area contributed by atoms with Crippen LogP contribution in [0.2, 0.25) is 0 Å². The number of pyridine rings is 1. The van der Waals surface area contributed by atoms with Crippen LogP contribution in [0.15, 0.2) is 42.7 Å². The van der Waals surface area contributed by atoms with Crippen LogP contribution >= 0.6 is 0 Å². The third kappa shape index (κ3) is 2.07. The molecule has 6 nitrogen and oxygen atoms in total. The molecule has 0 fully saturated rings. The number of benzene rings is 1. The highest BCUT2D eigenvalue weighted by Crippen LogP contribution is 2.37. The first-order chi connectivity index (χ1) is 11.1. The minimum atomic E-state index is -0.513. The van der Waals surface area contributed by atoms with Crippen molar-refractivity contribution in [2.75, 3.05) is 5.73 Å². The van der Waals surface area contributed by atoms with Gasteiger partial charge in [-0.15, -0.1) is 0 Å². The van der Waals surface area contributed by atoms with Crippen LogP contribution in [0.5, 0.6) is 0 Å². The van der Waals surface area contributed by atoms with E-state index >= 15 is 0 Å². The van der Waals surface area contributed by atoms with Crippen LogP contribution in [0, 0.1) is 0 Å². The van der Waals surface area contributed by atoms with Gasteiger partial charge in [0.1, 0.15) is 0 Å². The second kappa shape index (κ2) is 4.95. The van der Waals surface area contributed by atoms with Crippen molar-refractivity contribution in [3.8, 4) is 16.9 Å². The first kappa shape index (κ1) is 13.5. The number of anilines is 1. The maximum absolute atomic E-state index is 11.8. The maximum atomic E-state index is 11.8. The van der Waals surface area contributed by atoms with Crippen molar-refractivity contribution in [2.24, 2.45) is 5.73 Å². The molecule has 0 bridgehead atoms. The molecule has 0 aliphatic heterocycles. The minimum Gasteiger partial charge on any atom is -0.399 e. The standard InChI is InChI=1S/C17H15N5O/c18-11-3-1-10-2-4-13-15(17(19)23)21-22(16(13)14(10)9-11)12-5-7-20-8-6-12/h1,3,5-9H,2,4,18H2,(H2,19,23). The topological polar surface area (TPSA) is 99.8 Å². The van der Waals surface area contributed by atoms with Gasteiger partial charge in [-0.05, 0) is 42.7 Å². The molecule has 1 aliphatic carbocycles. The van der Waals surface area contributed by atoms with E-state index in [4.69, 9.17) is 11.5 Å². The van der Waals surface area contributed by atoms with Gasteiger partial charge in [-0.1, -0.05) is 6.07 Å². The Balaban J connectivity index is 2.05. The van der Waals surface area contributed by atoms with Gasteiger partial charge < -0.3 is 11.5 Å². The molecule has 23 heavy (non-hydrogen) atoms. The zero-order valence-electron chi connectivity index (χ0n) is 12.4. The zero-order valence-corrected chi connectivity index (χ0v) is 12.4. The molecule has 3 aromatic rings.